The number of rotatable bonds is 9. The number of benzene rings is 3. The molecule has 0 aromatic heterocycles. The fourth-order valence-electron chi connectivity index (χ4n) is 5.64. The Labute approximate surface area is 257 Å². The van der Waals surface area contributed by atoms with Gasteiger partial charge in [0.25, 0.3) is 0 Å². The molecule has 2 saturated heterocycles. The average Bonchev–Trinajstić information content (AvgIpc) is 3.01. The molecule has 0 radical (unpaired) electrons. The number of amides is 2. The number of piperazine rings is 2. The van der Waals surface area contributed by atoms with Crippen LogP contribution in [-0.2, 0) is 29.1 Å². The number of nitrogens with zero attached hydrogens (tertiary/aromatic N) is 4. The molecule has 0 spiro atoms. The number of hydrogen-bond donors (Lipinski definition) is 1. The lowest BCUT2D eigenvalue weighted by Crippen LogP contribution is -2.54. The molecule has 5 rings (SSSR count). The van der Waals surface area contributed by atoms with Gasteiger partial charge < -0.3 is 20.0 Å². The predicted molar refractivity (Wildman–Crippen MR) is 173 cm³/mol. The van der Waals surface area contributed by atoms with E-state index in [1.165, 1.54) is 14.8 Å². The molecule has 1 atom stereocenters. The van der Waals surface area contributed by atoms with Crippen molar-refractivity contribution in [1.29, 1.82) is 0 Å². The summed E-state index contributed by atoms with van der Waals surface area (Å²) in [5.41, 5.74) is 4.81. The van der Waals surface area contributed by atoms with Crippen molar-refractivity contribution >= 4 is 40.1 Å². The third-order valence-corrected chi connectivity index (χ3v) is 8.88. The summed E-state index contributed by atoms with van der Waals surface area (Å²) in [7, 11) is 0. The molecular weight excluding hydrogens is 625 g/mol. The summed E-state index contributed by atoms with van der Waals surface area (Å²) in [6, 6.07) is 27.3. The molecule has 2 aliphatic heterocycles. The fraction of sp³-hybridized carbons (Fsp3) is 0.394. The number of carbonyl (C=O) groups excluding carboxylic acids is 2. The molecule has 216 valence electrons. The maximum absolute atomic E-state index is 13.8. The van der Waals surface area contributed by atoms with E-state index in [1.807, 2.05) is 28.0 Å². The Morgan fingerprint density at radius 2 is 1.34 bits per heavy atom. The van der Waals surface area contributed by atoms with Crippen LogP contribution >= 0.6 is 22.6 Å². The molecule has 7 nitrogen and oxygen atoms in total. The second kappa shape index (κ2) is 14.3. The van der Waals surface area contributed by atoms with Crippen LogP contribution in [0.1, 0.15) is 23.6 Å². The van der Waals surface area contributed by atoms with Gasteiger partial charge in [-0.05, 0) is 70.0 Å². The van der Waals surface area contributed by atoms with Crippen molar-refractivity contribution in [3.8, 4) is 0 Å². The highest BCUT2D eigenvalue weighted by molar-refractivity contribution is 14.1. The van der Waals surface area contributed by atoms with Crippen LogP contribution in [0, 0.1) is 3.57 Å². The van der Waals surface area contributed by atoms with Crippen LogP contribution in [0.25, 0.3) is 0 Å². The zero-order valence-corrected chi connectivity index (χ0v) is 26.0. The number of carbonyl (C=O) groups is 2. The van der Waals surface area contributed by atoms with E-state index in [0.717, 1.165) is 70.0 Å². The first-order valence-corrected chi connectivity index (χ1v) is 15.6. The highest BCUT2D eigenvalue weighted by Gasteiger charge is 2.27. The number of hydrogen-bond acceptors (Lipinski definition) is 5. The van der Waals surface area contributed by atoms with Gasteiger partial charge in [-0.2, -0.15) is 0 Å². The van der Waals surface area contributed by atoms with E-state index < -0.39 is 0 Å². The van der Waals surface area contributed by atoms with E-state index >= 15 is 0 Å². The van der Waals surface area contributed by atoms with Crippen molar-refractivity contribution in [1.82, 2.24) is 20.0 Å². The molecule has 2 fully saturated rings. The van der Waals surface area contributed by atoms with Crippen molar-refractivity contribution in [2.24, 2.45) is 0 Å². The summed E-state index contributed by atoms with van der Waals surface area (Å²) in [5.74, 6) is 0.331. The predicted octanol–water partition coefficient (Wildman–Crippen LogP) is 4.01. The molecule has 3 aromatic rings. The second-order valence-corrected chi connectivity index (χ2v) is 12.3. The molecule has 2 aliphatic rings. The monoisotopic (exact) mass is 665 g/mol. The molecule has 2 amide bonds. The minimum absolute atomic E-state index is 0.148. The molecular formula is C33H40IN5O2. The number of nitrogens with one attached hydrogen (secondary N) is 1. The van der Waals surface area contributed by atoms with Crippen LogP contribution in [0.5, 0.6) is 0 Å². The summed E-state index contributed by atoms with van der Waals surface area (Å²) in [5, 5.41) is 3.59. The van der Waals surface area contributed by atoms with Crippen molar-refractivity contribution in [3.63, 3.8) is 0 Å². The summed E-state index contributed by atoms with van der Waals surface area (Å²) in [6.07, 6.45) is 0.668. The van der Waals surface area contributed by atoms with Gasteiger partial charge in [0.1, 0.15) is 0 Å². The smallest absolute Gasteiger partial charge is 0.240 e. The van der Waals surface area contributed by atoms with Crippen molar-refractivity contribution in [2.45, 2.75) is 32.5 Å². The van der Waals surface area contributed by atoms with E-state index in [4.69, 9.17) is 0 Å². The Hall–Kier alpha value is -2.95. The molecule has 0 saturated carbocycles. The minimum atomic E-state index is -0.278. The fourth-order valence-corrected chi connectivity index (χ4v) is 6.00. The Kier molecular flexibility index (Phi) is 10.3. The van der Waals surface area contributed by atoms with Gasteiger partial charge in [0.2, 0.25) is 11.8 Å². The third-order valence-electron chi connectivity index (χ3n) is 8.16. The second-order valence-electron chi connectivity index (χ2n) is 11.0. The first-order chi connectivity index (χ1) is 19.9. The van der Waals surface area contributed by atoms with Crippen molar-refractivity contribution < 1.29 is 9.59 Å². The first-order valence-electron chi connectivity index (χ1n) is 14.6. The van der Waals surface area contributed by atoms with E-state index in [1.54, 1.807) is 6.92 Å². The van der Waals surface area contributed by atoms with Gasteiger partial charge in [0, 0.05) is 81.6 Å². The molecule has 0 bridgehead atoms. The number of anilines is 1. The van der Waals surface area contributed by atoms with Gasteiger partial charge >= 0.3 is 0 Å². The molecule has 3 aromatic carbocycles. The van der Waals surface area contributed by atoms with Gasteiger partial charge in [-0.3, -0.25) is 14.5 Å². The highest BCUT2D eigenvalue weighted by atomic mass is 127. The molecule has 0 aliphatic carbocycles. The Bertz CT molecular complexity index is 1270. The summed E-state index contributed by atoms with van der Waals surface area (Å²) < 4.78 is 1.25. The van der Waals surface area contributed by atoms with E-state index in [0.29, 0.717) is 13.0 Å². The molecule has 1 N–H and O–H groups in total. The summed E-state index contributed by atoms with van der Waals surface area (Å²) in [6.45, 7) is 9.70. The van der Waals surface area contributed by atoms with Crippen LogP contribution in [0.15, 0.2) is 78.9 Å². The van der Waals surface area contributed by atoms with Crippen LogP contribution in [0.4, 0.5) is 5.69 Å². The highest BCUT2D eigenvalue weighted by Crippen LogP contribution is 2.18. The third kappa shape index (κ3) is 8.30. The van der Waals surface area contributed by atoms with E-state index in [2.05, 4.69) is 98.4 Å². The van der Waals surface area contributed by atoms with Gasteiger partial charge in [-0.25, -0.2) is 0 Å². The lowest BCUT2D eigenvalue weighted by atomic mass is 10.0. The maximum Gasteiger partial charge on any atom is 0.240 e. The van der Waals surface area contributed by atoms with Crippen LogP contribution < -0.4 is 10.2 Å². The van der Waals surface area contributed by atoms with Crippen molar-refractivity contribution in [3.05, 3.63) is 99.1 Å². The van der Waals surface area contributed by atoms with Crippen molar-refractivity contribution in [2.75, 3.05) is 57.3 Å². The quantitative estimate of drug-likeness (QED) is 0.351. The molecule has 41 heavy (non-hydrogen) atoms. The summed E-state index contributed by atoms with van der Waals surface area (Å²) >= 11 is 2.34. The lowest BCUT2D eigenvalue weighted by molar-refractivity contribution is -0.135. The van der Waals surface area contributed by atoms with Gasteiger partial charge in [0.05, 0.1) is 6.04 Å². The zero-order valence-electron chi connectivity index (χ0n) is 23.8. The first kappa shape index (κ1) is 29.5. The normalized spacial score (nSPS) is 17.0. The van der Waals surface area contributed by atoms with Crippen LogP contribution in [-0.4, -0.2) is 84.9 Å². The SMILES string of the molecule is CC(=O)N1CCN(c2ccc(CN[C@@H](Cc3ccccc3)C(=O)N3CCN(Cc4ccc(I)cc4)CC3)cc2)CC1. The molecule has 2 heterocycles. The zero-order chi connectivity index (χ0) is 28.6. The molecule has 0 unspecified atom stereocenters. The van der Waals surface area contributed by atoms with E-state index in [9.17, 15) is 9.59 Å². The van der Waals surface area contributed by atoms with Gasteiger partial charge in [-0.15, -0.1) is 0 Å². The van der Waals surface area contributed by atoms with Gasteiger partial charge in [-0.1, -0.05) is 54.6 Å². The molecule has 8 heteroatoms. The Morgan fingerprint density at radius 3 is 1.98 bits per heavy atom. The lowest BCUT2D eigenvalue weighted by Gasteiger charge is -2.36. The van der Waals surface area contributed by atoms with Crippen LogP contribution in [0.3, 0.4) is 0 Å². The number of halogens is 1. The Morgan fingerprint density at radius 1 is 0.732 bits per heavy atom. The summed E-state index contributed by atoms with van der Waals surface area (Å²) in [4.78, 5) is 34.1. The van der Waals surface area contributed by atoms with E-state index in [-0.39, 0.29) is 17.9 Å². The van der Waals surface area contributed by atoms with Gasteiger partial charge in [0.15, 0.2) is 0 Å². The minimum Gasteiger partial charge on any atom is -0.368 e. The van der Waals surface area contributed by atoms with Crippen LogP contribution in [0.2, 0.25) is 0 Å². The standard InChI is InChI=1S/C33H40IN5O2/c1-26(40)37-19-21-38(22-20-37)31-13-9-28(10-14-31)24-35-32(23-27-5-3-2-4-6-27)33(41)39-17-15-36(16-18-39)25-29-7-11-30(34)12-8-29/h2-14,32,35H,15-25H2,1H3/t32-/m0/s1. The average molecular weight is 666 g/mol. The maximum atomic E-state index is 13.8. The Balaban J connectivity index is 1.17. The topological polar surface area (TPSA) is 59.1 Å². The largest absolute Gasteiger partial charge is 0.368 e.